The predicted octanol–water partition coefficient (Wildman–Crippen LogP) is 28.8. The molecule has 8 heteroatoms. The third-order valence-electron chi connectivity index (χ3n) is 22.5. The van der Waals surface area contributed by atoms with Crippen LogP contribution in [-0.4, -0.2) is 39.9 Å². The fourth-order valence-electron chi connectivity index (χ4n) is 16.4. The first kappa shape index (κ1) is 71.6. The standard InChI is InChI=1S/2C56H36N4/c1-3-14-37(15-4-1)38-28-30-40(31-29-38)55-58-54(39-16-5-2-6-17-39)59-56(60-55)48-25-13-23-44(34-48)42-21-11-20-41(32-42)43-22-12-24-47(33-43)53-51-36-46-19-8-7-18-45(46)35-50(51)49-26-9-10-27-52(49)57-53;1-3-14-37(15-4-1)38-28-30-40(31-29-38)55-58-54(39-16-5-2-6-17-39)59-56(60-55)48-25-13-23-44(34-48)42-21-11-20-41(32-42)43-22-12-24-47(33-43)53-50-27-10-9-26-49(50)51-35-45-18-7-8-19-46(45)36-52(51)57-53/h2*1-36H. The van der Waals surface area contributed by atoms with Crippen molar-refractivity contribution in [2.24, 2.45) is 0 Å². The lowest BCUT2D eigenvalue weighted by molar-refractivity contribution is 1.07. The van der Waals surface area contributed by atoms with Crippen LogP contribution in [0.2, 0.25) is 0 Å². The van der Waals surface area contributed by atoms with Crippen molar-refractivity contribution in [3.8, 4) is 158 Å². The fraction of sp³-hybridized carbons (Fsp3) is 0. The lowest BCUT2D eigenvalue weighted by Gasteiger charge is -2.13. The molecule has 0 aliphatic rings. The quantitative estimate of drug-likeness (QED) is 0.0784. The molecule has 0 saturated carbocycles. The molecular weight excluding hydrogens is 1460 g/mol. The van der Waals surface area contributed by atoms with E-state index in [0.717, 1.165) is 139 Å². The smallest absolute Gasteiger partial charge is 0.164 e. The van der Waals surface area contributed by atoms with Crippen LogP contribution in [0.25, 0.3) is 222 Å². The zero-order valence-electron chi connectivity index (χ0n) is 65.1. The highest BCUT2D eigenvalue weighted by Crippen LogP contribution is 2.42. The summed E-state index contributed by atoms with van der Waals surface area (Å²) in [5, 5.41) is 11.9. The van der Waals surface area contributed by atoms with Gasteiger partial charge >= 0.3 is 0 Å². The Kier molecular flexibility index (Phi) is 18.8. The summed E-state index contributed by atoms with van der Waals surface area (Å²) in [5.41, 5.74) is 25.2. The summed E-state index contributed by atoms with van der Waals surface area (Å²) in [6.45, 7) is 0. The molecule has 0 spiro atoms. The van der Waals surface area contributed by atoms with E-state index in [4.69, 9.17) is 39.9 Å². The molecule has 4 aromatic heterocycles. The zero-order valence-corrected chi connectivity index (χ0v) is 65.1. The highest BCUT2D eigenvalue weighted by molar-refractivity contribution is 6.16. The first-order valence-corrected chi connectivity index (χ1v) is 40.4. The van der Waals surface area contributed by atoms with Crippen LogP contribution in [0.4, 0.5) is 0 Å². The van der Waals surface area contributed by atoms with Gasteiger partial charge in [0.05, 0.1) is 22.4 Å². The summed E-state index contributed by atoms with van der Waals surface area (Å²) < 4.78 is 0. The molecule has 8 nitrogen and oxygen atoms in total. The van der Waals surface area contributed by atoms with Crippen LogP contribution in [0, 0.1) is 0 Å². The number of benzene rings is 18. The van der Waals surface area contributed by atoms with E-state index in [2.05, 4.69) is 364 Å². The number of hydrogen-bond donors (Lipinski definition) is 0. The van der Waals surface area contributed by atoms with Gasteiger partial charge in [-0.15, -0.1) is 0 Å². The van der Waals surface area contributed by atoms with E-state index in [-0.39, 0.29) is 0 Å². The molecule has 22 rings (SSSR count). The Balaban J connectivity index is 0.000000148. The van der Waals surface area contributed by atoms with Gasteiger partial charge in [-0.25, -0.2) is 39.9 Å². The molecule has 0 aliphatic heterocycles. The molecule has 0 unspecified atom stereocenters. The third-order valence-corrected chi connectivity index (χ3v) is 22.5. The Morgan fingerprint density at radius 1 is 0.108 bits per heavy atom. The van der Waals surface area contributed by atoms with Crippen molar-refractivity contribution in [3.05, 3.63) is 437 Å². The maximum absolute atomic E-state index is 5.31. The summed E-state index contributed by atoms with van der Waals surface area (Å²) in [7, 11) is 0. The Hall–Kier alpha value is -16.2. The van der Waals surface area contributed by atoms with Gasteiger partial charge in [0.2, 0.25) is 0 Å². The molecule has 22 aromatic rings. The minimum atomic E-state index is 0.625. The summed E-state index contributed by atoms with van der Waals surface area (Å²) in [6.07, 6.45) is 0. The first-order chi connectivity index (χ1) is 59.4. The molecule has 0 radical (unpaired) electrons. The minimum Gasteiger partial charge on any atom is -0.247 e. The van der Waals surface area contributed by atoms with Gasteiger partial charge in [0.15, 0.2) is 34.9 Å². The van der Waals surface area contributed by atoms with Crippen LogP contribution in [0.1, 0.15) is 0 Å². The lowest BCUT2D eigenvalue weighted by atomic mass is 9.94. The summed E-state index contributed by atoms with van der Waals surface area (Å²) >= 11 is 0. The highest BCUT2D eigenvalue weighted by Gasteiger charge is 2.20. The molecule has 0 atom stereocenters. The van der Waals surface area contributed by atoms with Gasteiger partial charge < -0.3 is 0 Å². The molecule has 120 heavy (non-hydrogen) atoms. The van der Waals surface area contributed by atoms with Crippen LogP contribution >= 0.6 is 0 Å². The predicted molar refractivity (Wildman–Crippen MR) is 496 cm³/mol. The van der Waals surface area contributed by atoms with Crippen molar-refractivity contribution in [3.63, 3.8) is 0 Å². The molecule has 18 aromatic carbocycles. The van der Waals surface area contributed by atoms with Crippen LogP contribution < -0.4 is 0 Å². The Bertz CT molecular complexity index is 7630. The van der Waals surface area contributed by atoms with Crippen LogP contribution in [0.5, 0.6) is 0 Å². The Morgan fingerprint density at radius 2 is 0.350 bits per heavy atom. The van der Waals surface area contributed by atoms with E-state index in [1.54, 1.807) is 0 Å². The van der Waals surface area contributed by atoms with Gasteiger partial charge in [-0.05, 0) is 166 Å². The molecular formula is C112H72N8. The Morgan fingerprint density at radius 3 is 0.758 bits per heavy atom. The Labute approximate surface area is 694 Å². The summed E-state index contributed by atoms with van der Waals surface area (Å²) in [5.74, 6) is 3.79. The van der Waals surface area contributed by atoms with Crippen molar-refractivity contribution in [2.45, 2.75) is 0 Å². The average molecular weight is 1530 g/mol. The number of pyridine rings is 2. The van der Waals surface area contributed by atoms with E-state index in [1.165, 1.54) is 48.8 Å². The SMILES string of the molecule is c1ccc(-c2ccc(-c3nc(-c4ccccc4)nc(-c4cccc(-c5cccc(-c6cccc(-c7nc8cc9ccccc9cc8c8ccccc78)c6)c5)c4)n3)cc2)cc1.c1ccc(-c2ccc(-c3nc(-c4ccccc4)nc(-c4cccc(-c5cccc(-c6cccc(-c7nc8ccccc8c8cc9ccccc9cc78)c6)c5)c4)n3)cc2)cc1. The van der Waals surface area contributed by atoms with Crippen molar-refractivity contribution < 1.29 is 0 Å². The van der Waals surface area contributed by atoms with Crippen molar-refractivity contribution in [1.82, 2.24) is 39.9 Å². The second-order valence-corrected chi connectivity index (χ2v) is 30.2. The highest BCUT2D eigenvalue weighted by atomic mass is 15.0. The monoisotopic (exact) mass is 1530 g/mol. The maximum atomic E-state index is 5.31. The summed E-state index contributed by atoms with van der Waals surface area (Å²) in [4.78, 5) is 40.7. The fourth-order valence-corrected chi connectivity index (χ4v) is 16.4. The van der Waals surface area contributed by atoms with Crippen molar-refractivity contribution >= 4 is 64.9 Å². The van der Waals surface area contributed by atoms with E-state index in [9.17, 15) is 0 Å². The number of aromatic nitrogens is 8. The molecule has 0 bridgehead atoms. The third kappa shape index (κ3) is 14.4. The number of nitrogens with zero attached hydrogens (tertiary/aromatic N) is 8. The van der Waals surface area contributed by atoms with Gasteiger partial charge in [0, 0.05) is 66.1 Å². The van der Waals surface area contributed by atoms with E-state index in [1.807, 2.05) is 72.8 Å². The molecule has 4 heterocycles. The number of fused-ring (bicyclic) bond motifs is 8. The van der Waals surface area contributed by atoms with E-state index in [0.29, 0.717) is 34.9 Å². The topological polar surface area (TPSA) is 103 Å². The van der Waals surface area contributed by atoms with Crippen LogP contribution in [-0.2, 0) is 0 Å². The van der Waals surface area contributed by atoms with E-state index >= 15 is 0 Å². The molecule has 0 amide bonds. The number of para-hydroxylation sites is 1. The average Bonchev–Trinajstić information content (AvgIpc) is 0.750. The lowest BCUT2D eigenvalue weighted by Crippen LogP contribution is -2.00. The van der Waals surface area contributed by atoms with Gasteiger partial charge in [0.1, 0.15) is 0 Å². The number of hydrogen-bond acceptors (Lipinski definition) is 8. The summed E-state index contributed by atoms with van der Waals surface area (Å²) in [6, 6.07) is 153. The van der Waals surface area contributed by atoms with Crippen LogP contribution in [0.3, 0.4) is 0 Å². The maximum Gasteiger partial charge on any atom is 0.164 e. The van der Waals surface area contributed by atoms with Crippen molar-refractivity contribution in [1.29, 1.82) is 0 Å². The zero-order chi connectivity index (χ0) is 79.7. The van der Waals surface area contributed by atoms with Gasteiger partial charge in [-0.1, -0.05) is 370 Å². The van der Waals surface area contributed by atoms with Gasteiger partial charge in [0.25, 0.3) is 0 Å². The molecule has 0 saturated heterocycles. The second kappa shape index (κ2) is 31.6. The molecule has 560 valence electrons. The largest absolute Gasteiger partial charge is 0.247 e. The molecule has 0 fully saturated rings. The second-order valence-electron chi connectivity index (χ2n) is 30.2. The van der Waals surface area contributed by atoms with Gasteiger partial charge in [-0.3, -0.25) is 0 Å². The van der Waals surface area contributed by atoms with Crippen LogP contribution in [0.15, 0.2) is 437 Å². The first-order valence-electron chi connectivity index (χ1n) is 40.4. The molecule has 0 aliphatic carbocycles. The number of rotatable bonds is 14. The van der Waals surface area contributed by atoms with Gasteiger partial charge in [-0.2, -0.15) is 0 Å². The normalized spacial score (nSPS) is 11.3. The van der Waals surface area contributed by atoms with E-state index < -0.39 is 0 Å². The molecule has 0 N–H and O–H groups in total. The minimum absolute atomic E-state index is 0.625. The van der Waals surface area contributed by atoms with Crippen molar-refractivity contribution in [2.75, 3.05) is 0 Å².